The average molecular weight is 324 g/mol. The number of fused-ring (bicyclic) bond motifs is 1. The summed E-state index contributed by atoms with van der Waals surface area (Å²) >= 11 is 3.48. The fourth-order valence-corrected chi connectivity index (χ4v) is 2.56. The van der Waals surface area contributed by atoms with Crippen molar-refractivity contribution in [3.8, 4) is 0 Å². The van der Waals surface area contributed by atoms with Gasteiger partial charge in [-0.1, -0.05) is 22.4 Å². The molecule has 0 unspecified atom stereocenters. The molecule has 0 radical (unpaired) electrons. The van der Waals surface area contributed by atoms with Crippen LogP contribution in [0.25, 0.3) is 10.9 Å². The number of nitrogens with two attached hydrogens (primary N) is 1. The van der Waals surface area contributed by atoms with Crippen LogP contribution in [0.1, 0.15) is 25.7 Å². The Bertz CT molecular complexity index is 565. The molecule has 0 spiro atoms. The molecule has 1 aromatic heterocycles. The van der Waals surface area contributed by atoms with Crippen LogP contribution in [0, 0.1) is 0 Å². The Balaban J connectivity index is 1.83. The Kier molecular flexibility index (Phi) is 4.99. The minimum absolute atomic E-state index is 0.0868. The third-order valence-corrected chi connectivity index (χ3v) is 3.69. The van der Waals surface area contributed by atoms with E-state index in [1.807, 2.05) is 0 Å². The second-order valence-electron chi connectivity index (χ2n) is 4.59. The quantitative estimate of drug-likeness (QED) is 0.371. The molecule has 102 valence electrons. The number of halogens is 1. The number of hydrogen-bond acceptors (Lipinski definition) is 2. The van der Waals surface area contributed by atoms with E-state index in [1.165, 1.54) is 10.9 Å². The minimum Gasteiger partial charge on any atom is -0.347 e. The van der Waals surface area contributed by atoms with E-state index in [-0.39, 0.29) is 5.91 Å². The number of hydrazine groups is 1. The Hall–Kier alpha value is -1.33. The van der Waals surface area contributed by atoms with E-state index < -0.39 is 0 Å². The zero-order valence-corrected chi connectivity index (χ0v) is 12.3. The smallest absolute Gasteiger partial charge is 0.233 e. The van der Waals surface area contributed by atoms with Crippen LogP contribution in [0.5, 0.6) is 0 Å². The Labute approximate surface area is 121 Å². The number of aryl methyl sites for hydroxylation is 1. The van der Waals surface area contributed by atoms with Gasteiger partial charge in [-0.3, -0.25) is 10.2 Å². The van der Waals surface area contributed by atoms with Gasteiger partial charge in [-0.05, 0) is 37.1 Å². The van der Waals surface area contributed by atoms with Gasteiger partial charge in [-0.25, -0.2) is 5.84 Å². The largest absolute Gasteiger partial charge is 0.347 e. The summed E-state index contributed by atoms with van der Waals surface area (Å²) in [6.45, 7) is 0.982. The highest BCUT2D eigenvalue weighted by atomic mass is 79.9. The van der Waals surface area contributed by atoms with Crippen molar-refractivity contribution < 1.29 is 4.79 Å². The molecule has 0 saturated heterocycles. The van der Waals surface area contributed by atoms with Crippen LogP contribution < -0.4 is 11.3 Å². The lowest BCUT2D eigenvalue weighted by molar-refractivity contribution is -0.121. The molecule has 1 amide bonds. The summed E-state index contributed by atoms with van der Waals surface area (Å²) < 4.78 is 3.36. The van der Waals surface area contributed by atoms with Crippen LogP contribution in [0.15, 0.2) is 34.9 Å². The van der Waals surface area contributed by atoms with Gasteiger partial charge >= 0.3 is 0 Å². The van der Waals surface area contributed by atoms with Crippen molar-refractivity contribution >= 4 is 32.7 Å². The van der Waals surface area contributed by atoms with Crippen molar-refractivity contribution in [3.05, 3.63) is 34.9 Å². The first kappa shape index (κ1) is 14.1. The van der Waals surface area contributed by atoms with E-state index in [4.69, 9.17) is 5.84 Å². The minimum atomic E-state index is -0.0868. The van der Waals surface area contributed by atoms with E-state index in [9.17, 15) is 4.79 Å². The maximum absolute atomic E-state index is 11.0. The molecule has 19 heavy (non-hydrogen) atoms. The van der Waals surface area contributed by atoms with Crippen LogP contribution in [-0.2, 0) is 11.3 Å². The van der Waals surface area contributed by atoms with Gasteiger partial charge in [-0.15, -0.1) is 0 Å². The van der Waals surface area contributed by atoms with Gasteiger partial charge in [0.15, 0.2) is 0 Å². The maximum atomic E-state index is 11.0. The molecule has 0 fully saturated rings. The summed E-state index contributed by atoms with van der Waals surface area (Å²) in [6.07, 6.45) is 5.61. The summed E-state index contributed by atoms with van der Waals surface area (Å²) in [5.74, 6) is 4.94. The summed E-state index contributed by atoms with van der Waals surface area (Å²) in [5.41, 5.74) is 3.40. The monoisotopic (exact) mass is 323 g/mol. The molecule has 0 atom stereocenters. The first-order valence-electron chi connectivity index (χ1n) is 6.44. The Morgan fingerprint density at radius 3 is 2.89 bits per heavy atom. The third kappa shape index (κ3) is 3.81. The molecule has 2 aromatic rings. The van der Waals surface area contributed by atoms with Crippen LogP contribution in [0.3, 0.4) is 0 Å². The highest BCUT2D eigenvalue weighted by Gasteiger charge is 2.02. The van der Waals surface area contributed by atoms with Gasteiger partial charge in [-0.2, -0.15) is 0 Å². The number of aromatic nitrogens is 1. The predicted molar refractivity (Wildman–Crippen MR) is 80.4 cm³/mol. The molecule has 4 nitrogen and oxygen atoms in total. The molecule has 0 aliphatic rings. The van der Waals surface area contributed by atoms with Gasteiger partial charge in [0, 0.05) is 34.5 Å². The number of benzene rings is 1. The van der Waals surface area contributed by atoms with Crippen LogP contribution in [0.2, 0.25) is 0 Å². The van der Waals surface area contributed by atoms with E-state index >= 15 is 0 Å². The molecule has 5 heteroatoms. The maximum Gasteiger partial charge on any atom is 0.233 e. The van der Waals surface area contributed by atoms with Crippen molar-refractivity contribution in [1.29, 1.82) is 0 Å². The van der Waals surface area contributed by atoms with E-state index in [0.29, 0.717) is 6.42 Å². The zero-order chi connectivity index (χ0) is 13.7. The third-order valence-electron chi connectivity index (χ3n) is 3.20. The standard InChI is InChI=1S/C14H18BrN3O/c15-12-5-6-13-11(10-12)7-9-18(13)8-3-1-2-4-14(19)17-16/h5-7,9-10H,1-4,8,16H2,(H,17,19). The first-order chi connectivity index (χ1) is 9.20. The molecule has 2 rings (SSSR count). The molecule has 0 aliphatic carbocycles. The van der Waals surface area contributed by atoms with Gasteiger partial charge in [0.05, 0.1) is 0 Å². The molecule has 0 bridgehead atoms. The molecule has 3 N–H and O–H groups in total. The predicted octanol–water partition coefficient (Wildman–Crippen LogP) is 2.95. The van der Waals surface area contributed by atoms with Gasteiger partial charge in [0.2, 0.25) is 5.91 Å². The second-order valence-corrected chi connectivity index (χ2v) is 5.51. The fraction of sp³-hybridized carbons (Fsp3) is 0.357. The number of carbonyl (C=O) groups is 1. The lowest BCUT2D eigenvalue weighted by atomic mass is 10.2. The van der Waals surface area contributed by atoms with Crippen molar-refractivity contribution in [3.63, 3.8) is 0 Å². The molecule has 1 aromatic carbocycles. The van der Waals surface area contributed by atoms with Gasteiger partial charge in [0.1, 0.15) is 0 Å². The van der Waals surface area contributed by atoms with Crippen LogP contribution in [-0.4, -0.2) is 10.5 Å². The lowest BCUT2D eigenvalue weighted by Crippen LogP contribution is -2.29. The molecule has 1 heterocycles. The van der Waals surface area contributed by atoms with Crippen molar-refractivity contribution in [1.82, 2.24) is 9.99 Å². The molecule has 0 saturated carbocycles. The summed E-state index contributed by atoms with van der Waals surface area (Å²) in [5, 5.41) is 1.25. The number of unbranched alkanes of at least 4 members (excludes halogenated alkanes) is 2. The highest BCUT2D eigenvalue weighted by molar-refractivity contribution is 9.10. The highest BCUT2D eigenvalue weighted by Crippen LogP contribution is 2.21. The number of nitrogens with zero attached hydrogens (tertiary/aromatic N) is 1. The normalized spacial score (nSPS) is 10.8. The van der Waals surface area contributed by atoms with E-state index in [1.54, 1.807) is 0 Å². The van der Waals surface area contributed by atoms with Gasteiger partial charge < -0.3 is 4.57 Å². The van der Waals surface area contributed by atoms with Crippen molar-refractivity contribution in [2.45, 2.75) is 32.2 Å². The topological polar surface area (TPSA) is 60.0 Å². The Morgan fingerprint density at radius 1 is 1.26 bits per heavy atom. The van der Waals surface area contributed by atoms with Crippen molar-refractivity contribution in [2.24, 2.45) is 5.84 Å². The van der Waals surface area contributed by atoms with E-state index in [0.717, 1.165) is 30.3 Å². The Morgan fingerprint density at radius 2 is 2.11 bits per heavy atom. The summed E-state index contributed by atoms with van der Waals surface area (Å²) in [4.78, 5) is 11.0. The number of amides is 1. The number of carbonyl (C=O) groups excluding carboxylic acids is 1. The number of nitrogens with one attached hydrogen (secondary N) is 1. The second kappa shape index (κ2) is 6.73. The van der Waals surface area contributed by atoms with Crippen molar-refractivity contribution in [2.75, 3.05) is 0 Å². The number of rotatable bonds is 6. The summed E-state index contributed by atoms with van der Waals surface area (Å²) in [7, 11) is 0. The molecular formula is C14H18BrN3O. The SMILES string of the molecule is NNC(=O)CCCCCn1ccc2cc(Br)ccc21. The van der Waals surface area contributed by atoms with Crippen LogP contribution >= 0.6 is 15.9 Å². The van der Waals surface area contributed by atoms with Crippen LogP contribution in [0.4, 0.5) is 0 Å². The summed E-state index contributed by atoms with van der Waals surface area (Å²) in [6, 6.07) is 8.44. The zero-order valence-electron chi connectivity index (χ0n) is 10.7. The average Bonchev–Trinajstić information content (AvgIpc) is 2.80. The van der Waals surface area contributed by atoms with Gasteiger partial charge in [0.25, 0.3) is 0 Å². The van der Waals surface area contributed by atoms with E-state index in [2.05, 4.69) is 56.4 Å². The molecule has 0 aliphatic heterocycles. The number of hydrogen-bond donors (Lipinski definition) is 2. The lowest BCUT2D eigenvalue weighted by Gasteiger charge is -2.05. The first-order valence-corrected chi connectivity index (χ1v) is 7.24. The fourth-order valence-electron chi connectivity index (χ4n) is 2.18. The molecular weight excluding hydrogens is 306 g/mol.